The quantitative estimate of drug-likeness (QED) is 0.629. The van der Waals surface area contributed by atoms with Crippen LogP contribution in [0.4, 0.5) is 0 Å². The zero-order valence-corrected chi connectivity index (χ0v) is 13.1. The standard InChI is InChI=1S/C21H21N/c1-3-5-8-13-18(12-6-4-2)20-16-11-17-21(22-20)19-14-9-7-10-15-19/h3-17H,1-2H3/b5-3+,6-4-,13-8-,18-12+. The van der Waals surface area contributed by atoms with Crippen LogP contribution in [0.25, 0.3) is 16.8 Å². The average Bonchev–Trinajstić information content (AvgIpc) is 2.59. The number of benzene rings is 1. The van der Waals surface area contributed by atoms with Gasteiger partial charge in [0.25, 0.3) is 0 Å². The molecule has 2 rings (SSSR count). The van der Waals surface area contributed by atoms with Crippen LogP contribution < -0.4 is 0 Å². The van der Waals surface area contributed by atoms with E-state index in [0.29, 0.717) is 0 Å². The van der Waals surface area contributed by atoms with Crippen molar-refractivity contribution in [1.29, 1.82) is 0 Å². The second-order valence-corrected chi connectivity index (χ2v) is 4.81. The monoisotopic (exact) mass is 287 g/mol. The van der Waals surface area contributed by atoms with Gasteiger partial charge in [-0.3, -0.25) is 0 Å². The first-order valence-electron chi connectivity index (χ1n) is 7.50. The van der Waals surface area contributed by atoms with Gasteiger partial charge in [-0.15, -0.1) is 0 Å². The van der Waals surface area contributed by atoms with Crippen LogP contribution in [0.2, 0.25) is 0 Å². The molecule has 0 atom stereocenters. The third kappa shape index (κ3) is 4.42. The summed E-state index contributed by atoms with van der Waals surface area (Å²) in [5, 5.41) is 0. The molecule has 0 unspecified atom stereocenters. The summed E-state index contributed by atoms with van der Waals surface area (Å²) in [5.41, 5.74) is 4.19. The molecule has 0 aliphatic heterocycles. The number of hydrogen-bond donors (Lipinski definition) is 0. The summed E-state index contributed by atoms with van der Waals surface area (Å²) in [6.45, 7) is 4.02. The molecule has 0 aliphatic rings. The molecule has 1 heterocycles. The van der Waals surface area contributed by atoms with Crippen LogP contribution in [0.3, 0.4) is 0 Å². The maximum absolute atomic E-state index is 4.80. The lowest BCUT2D eigenvalue weighted by molar-refractivity contribution is 1.28. The summed E-state index contributed by atoms with van der Waals surface area (Å²) >= 11 is 0. The van der Waals surface area contributed by atoms with Crippen LogP contribution in [0.1, 0.15) is 19.5 Å². The van der Waals surface area contributed by atoms with Crippen molar-refractivity contribution in [3.05, 3.63) is 96.8 Å². The zero-order chi connectivity index (χ0) is 15.6. The van der Waals surface area contributed by atoms with Crippen molar-refractivity contribution in [2.24, 2.45) is 0 Å². The van der Waals surface area contributed by atoms with E-state index in [9.17, 15) is 0 Å². The summed E-state index contributed by atoms with van der Waals surface area (Å²) in [5.74, 6) is 0. The molecule has 0 bridgehead atoms. The van der Waals surface area contributed by atoms with Crippen LogP contribution >= 0.6 is 0 Å². The molecule has 0 fully saturated rings. The maximum Gasteiger partial charge on any atom is 0.0709 e. The molecular weight excluding hydrogens is 266 g/mol. The molecule has 22 heavy (non-hydrogen) atoms. The highest BCUT2D eigenvalue weighted by Gasteiger charge is 2.02. The molecule has 0 spiro atoms. The Hall–Kier alpha value is -2.67. The summed E-state index contributed by atoms with van der Waals surface area (Å²) in [6, 6.07) is 16.4. The highest BCUT2D eigenvalue weighted by molar-refractivity contribution is 5.74. The van der Waals surface area contributed by atoms with Crippen LogP contribution in [-0.4, -0.2) is 4.98 Å². The summed E-state index contributed by atoms with van der Waals surface area (Å²) < 4.78 is 0. The van der Waals surface area contributed by atoms with Crippen molar-refractivity contribution in [1.82, 2.24) is 4.98 Å². The van der Waals surface area contributed by atoms with Gasteiger partial charge in [0.15, 0.2) is 0 Å². The lowest BCUT2D eigenvalue weighted by Crippen LogP contribution is -1.90. The van der Waals surface area contributed by atoms with E-state index in [2.05, 4.69) is 30.4 Å². The fourth-order valence-electron chi connectivity index (χ4n) is 2.06. The lowest BCUT2D eigenvalue weighted by atomic mass is 10.1. The average molecular weight is 287 g/mol. The minimum Gasteiger partial charge on any atom is -0.248 e. The fourth-order valence-corrected chi connectivity index (χ4v) is 2.06. The number of aromatic nitrogens is 1. The topological polar surface area (TPSA) is 12.9 Å². The predicted octanol–water partition coefficient (Wildman–Crippen LogP) is 5.84. The fraction of sp³-hybridized carbons (Fsp3) is 0.0952. The van der Waals surface area contributed by atoms with Crippen molar-refractivity contribution < 1.29 is 0 Å². The number of hydrogen-bond acceptors (Lipinski definition) is 1. The molecule has 1 aromatic heterocycles. The van der Waals surface area contributed by atoms with E-state index >= 15 is 0 Å². The van der Waals surface area contributed by atoms with Crippen LogP contribution in [-0.2, 0) is 0 Å². The Balaban J connectivity index is 2.40. The Morgan fingerprint density at radius 3 is 2.32 bits per heavy atom. The van der Waals surface area contributed by atoms with E-state index < -0.39 is 0 Å². The van der Waals surface area contributed by atoms with Gasteiger partial charge < -0.3 is 0 Å². The molecule has 0 amide bonds. The van der Waals surface area contributed by atoms with Gasteiger partial charge in [0, 0.05) is 11.1 Å². The van der Waals surface area contributed by atoms with Gasteiger partial charge in [-0.2, -0.15) is 0 Å². The molecule has 2 aromatic rings. The van der Waals surface area contributed by atoms with Gasteiger partial charge >= 0.3 is 0 Å². The highest BCUT2D eigenvalue weighted by Crippen LogP contribution is 2.20. The smallest absolute Gasteiger partial charge is 0.0709 e. The first-order valence-corrected chi connectivity index (χ1v) is 7.50. The molecule has 1 heteroatoms. The van der Waals surface area contributed by atoms with E-state index in [4.69, 9.17) is 4.98 Å². The number of rotatable bonds is 5. The minimum absolute atomic E-state index is 0.972. The van der Waals surface area contributed by atoms with E-state index in [1.54, 1.807) is 0 Å². The summed E-state index contributed by atoms with van der Waals surface area (Å²) in [7, 11) is 0. The number of nitrogens with zero attached hydrogens (tertiary/aromatic N) is 1. The van der Waals surface area contributed by atoms with Crippen molar-refractivity contribution >= 4 is 5.57 Å². The number of pyridine rings is 1. The second kappa shape index (κ2) is 8.58. The Morgan fingerprint density at radius 2 is 1.59 bits per heavy atom. The third-order valence-corrected chi connectivity index (χ3v) is 3.16. The van der Waals surface area contributed by atoms with Crippen molar-refractivity contribution in [2.75, 3.05) is 0 Å². The molecular formula is C21H21N. The van der Waals surface area contributed by atoms with Gasteiger partial charge in [0.05, 0.1) is 11.4 Å². The van der Waals surface area contributed by atoms with Crippen LogP contribution in [0.15, 0.2) is 91.1 Å². The molecule has 0 radical (unpaired) electrons. The SMILES string of the molecule is C\C=C/C=C(\C=C/C=C/C)c1cccc(-c2ccccc2)n1. The van der Waals surface area contributed by atoms with E-state index in [1.165, 1.54) is 0 Å². The summed E-state index contributed by atoms with van der Waals surface area (Å²) in [4.78, 5) is 4.80. The molecule has 0 saturated heterocycles. The highest BCUT2D eigenvalue weighted by atomic mass is 14.7. The molecule has 0 saturated carbocycles. The van der Waals surface area contributed by atoms with Crippen LogP contribution in [0.5, 0.6) is 0 Å². The van der Waals surface area contributed by atoms with Crippen molar-refractivity contribution in [3.8, 4) is 11.3 Å². The van der Waals surface area contributed by atoms with Crippen molar-refractivity contribution in [3.63, 3.8) is 0 Å². The molecule has 0 N–H and O–H groups in total. The van der Waals surface area contributed by atoms with Gasteiger partial charge in [0.1, 0.15) is 0 Å². The Morgan fingerprint density at radius 1 is 0.818 bits per heavy atom. The first kappa shape index (κ1) is 15.7. The summed E-state index contributed by atoms with van der Waals surface area (Å²) in [6.07, 6.45) is 14.3. The van der Waals surface area contributed by atoms with Crippen LogP contribution in [0, 0.1) is 0 Å². The largest absolute Gasteiger partial charge is 0.248 e. The lowest BCUT2D eigenvalue weighted by Gasteiger charge is -2.05. The van der Waals surface area contributed by atoms with Crippen molar-refractivity contribution in [2.45, 2.75) is 13.8 Å². The van der Waals surface area contributed by atoms with Gasteiger partial charge in [-0.1, -0.05) is 78.9 Å². The zero-order valence-electron chi connectivity index (χ0n) is 13.1. The Bertz CT molecular complexity index is 704. The third-order valence-electron chi connectivity index (χ3n) is 3.16. The number of allylic oxidation sites excluding steroid dienone is 8. The van der Waals surface area contributed by atoms with E-state index in [1.807, 2.05) is 74.6 Å². The maximum atomic E-state index is 4.80. The second-order valence-electron chi connectivity index (χ2n) is 4.81. The van der Waals surface area contributed by atoms with E-state index in [0.717, 1.165) is 22.5 Å². The molecule has 1 nitrogen and oxygen atoms in total. The first-order chi connectivity index (χ1) is 10.8. The van der Waals surface area contributed by atoms with E-state index in [-0.39, 0.29) is 0 Å². The van der Waals surface area contributed by atoms with Gasteiger partial charge in [-0.05, 0) is 26.0 Å². The molecule has 110 valence electrons. The molecule has 1 aromatic carbocycles. The molecule has 0 aliphatic carbocycles. The van der Waals surface area contributed by atoms with Gasteiger partial charge in [0.2, 0.25) is 0 Å². The Labute approximate surface area is 133 Å². The van der Waals surface area contributed by atoms with Gasteiger partial charge in [-0.25, -0.2) is 4.98 Å². The Kier molecular flexibility index (Phi) is 6.13. The minimum atomic E-state index is 0.972. The predicted molar refractivity (Wildman–Crippen MR) is 96.4 cm³/mol. The normalized spacial score (nSPS) is 12.7.